The van der Waals surface area contributed by atoms with Gasteiger partial charge in [0.1, 0.15) is 11.4 Å². The molecule has 0 bridgehead atoms. The van der Waals surface area contributed by atoms with Crippen molar-refractivity contribution in [2.75, 3.05) is 6.61 Å². The van der Waals surface area contributed by atoms with Gasteiger partial charge in [-0.15, -0.1) is 16.8 Å². The molecule has 2 aromatic heterocycles. The van der Waals surface area contributed by atoms with Crippen LogP contribution in [0.2, 0.25) is 0 Å². The molecule has 2 N–H and O–H groups in total. The van der Waals surface area contributed by atoms with Gasteiger partial charge >= 0.3 is 0 Å². The molecule has 8 heteroatoms. The first-order valence-corrected chi connectivity index (χ1v) is 9.62. The van der Waals surface area contributed by atoms with Crippen LogP contribution in [0.1, 0.15) is 24.2 Å². The van der Waals surface area contributed by atoms with Gasteiger partial charge in [-0.25, -0.2) is 0 Å². The lowest BCUT2D eigenvalue weighted by atomic mass is 10.2. The summed E-state index contributed by atoms with van der Waals surface area (Å²) in [6.07, 6.45) is 4.57. The van der Waals surface area contributed by atoms with Crippen LogP contribution in [0.3, 0.4) is 0 Å². The Kier molecular flexibility index (Phi) is 7.43. The highest BCUT2D eigenvalue weighted by molar-refractivity contribution is 5.76. The number of amides is 1. The number of carbonyl (C=O) groups excluding carboxylic acids is 1. The topological polar surface area (TPSA) is 110 Å². The van der Waals surface area contributed by atoms with E-state index >= 15 is 0 Å². The minimum Gasteiger partial charge on any atom is -0.493 e. The van der Waals surface area contributed by atoms with E-state index in [9.17, 15) is 9.59 Å². The summed E-state index contributed by atoms with van der Waals surface area (Å²) < 4.78 is 5.56. The minimum atomic E-state index is -0.358. The number of aromatic nitrogens is 4. The van der Waals surface area contributed by atoms with Gasteiger partial charge in [0.25, 0.3) is 5.56 Å². The molecule has 3 rings (SSSR count). The molecule has 30 heavy (non-hydrogen) atoms. The lowest BCUT2D eigenvalue weighted by molar-refractivity contribution is -0.121. The zero-order chi connectivity index (χ0) is 21.2. The molecule has 8 nitrogen and oxygen atoms in total. The Morgan fingerprint density at radius 1 is 1.17 bits per heavy atom. The van der Waals surface area contributed by atoms with Gasteiger partial charge in [0.05, 0.1) is 18.8 Å². The highest BCUT2D eigenvalue weighted by atomic mass is 16.5. The average molecular weight is 405 g/mol. The fourth-order valence-electron chi connectivity index (χ4n) is 2.64. The predicted molar refractivity (Wildman–Crippen MR) is 113 cm³/mol. The van der Waals surface area contributed by atoms with Gasteiger partial charge in [-0.3, -0.25) is 14.6 Å². The Hall–Kier alpha value is -3.81. The van der Waals surface area contributed by atoms with Crippen molar-refractivity contribution in [3.05, 3.63) is 83.1 Å². The SMILES string of the molecule is C=CCCOc1ccc(-c2nnc(CCC(=O)NCc3ccccn3)c(=O)[nH]2)cc1. The number of pyridine rings is 1. The zero-order valence-corrected chi connectivity index (χ0v) is 16.5. The van der Waals surface area contributed by atoms with E-state index in [2.05, 4.69) is 32.1 Å². The van der Waals surface area contributed by atoms with Gasteiger partial charge in [-0.05, 0) is 42.8 Å². The highest BCUT2D eigenvalue weighted by Crippen LogP contribution is 2.18. The molecule has 0 spiro atoms. The zero-order valence-electron chi connectivity index (χ0n) is 16.5. The van der Waals surface area contributed by atoms with E-state index in [0.717, 1.165) is 23.4 Å². The Morgan fingerprint density at radius 3 is 2.70 bits per heavy atom. The van der Waals surface area contributed by atoms with Crippen LogP contribution in [0.25, 0.3) is 11.4 Å². The number of carbonyl (C=O) groups is 1. The second kappa shape index (κ2) is 10.7. The van der Waals surface area contributed by atoms with Crippen LogP contribution in [0, 0.1) is 0 Å². The van der Waals surface area contributed by atoms with Crippen molar-refractivity contribution >= 4 is 5.91 Å². The Morgan fingerprint density at radius 2 is 2.00 bits per heavy atom. The molecule has 0 radical (unpaired) electrons. The molecule has 0 saturated carbocycles. The smallest absolute Gasteiger partial charge is 0.273 e. The number of hydrogen-bond donors (Lipinski definition) is 2. The van der Waals surface area contributed by atoms with Gasteiger partial charge in [0.2, 0.25) is 5.91 Å². The molecular formula is C22H23N5O3. The lowest BCUT2D eigenvalue weighted by Crippen LogP contribution is -2.25. The molecule has 1 amide bonds. The van der Waals surface area contributed by atoms with Crippen LogP contribution in [-0.4, -0.2) is 32.7 Å². The molecule has 0 fully saturated rings. The number of rotatable bonds is 10. The molecule has 0 unspecified atom stereocenters. The number of nitrogens with one attached hydrogen (secondary N) is 2. The summed E-state index contributed by atoms with van der Waals surface area (Å²) in [6.45, 7) is 4.55. The highest BCUT2D eigenvalue weighted by Gasteiger charge is 2.10. The molecule has 0 aliphatic rings. The van der Waals surface area contributed by atoms with Gasteiger partial charge in [0, 0.05) is 24.6 Å². The first-order chi connectivity index (χ1) is 14.7. The Labute approximate surface area is 174 Å². The molecule has 154 valence electrons. The summed E-state index contributed by atoms with van der Waals surface area (Å²) in [5.74, 6) is 0.906. The Bertz CT molecular complexity index is 1030. The lowest BCUT2D eigenvalue weighted by Gasteiger charge is -2.06. The van der Waals surface area contributed by atoms with Crippen molar-refractivity contribution in [1.29, 1.82) is 0 Å². The fourth-order valence-corrected chi connectivity index (χ4v) is 2.64. The summed E-state index contributed by atoms with van der Waals surface area (Å²) in [6, 6.07) is 12.7. The second-order valence-corrected chi connectivity index (χ2v) is 6.50. The molecule has 2 heterocycles. The molecule has 0 saturated heterocycles. The quantitative estimate of drug-likeness (QED) is 0.396. The second-order valence-electron chi connectivity index (χ2n) is 6.50. The number of ether oxygens (including phenoxy) is 1. The van der Waals surface area contributed by atoms with E-state index in [-0.39, 0.29) is 30.0 Å². The van der Waals surface area contributed by atoms with Crippen LogP contribution >= 0.6 is 0 Å². The van der Waals surface area contributed by atoms with E-state index < -0.39 is 0 Å². The molecule has 3 aromatic rings. The first kappa shape index (κ1) is 20.9. The molecular weight excluding hydrogens is 382 g/mol. The summed E-state index contributed by atoms with van der Waals surface area (Å²) >= 11 is 0. The van der Waals surface area contributed by atoms with Crippen molar-refractivity contribution in [3.8, 4) is 17.1 Å². The number of aryl methyl sites for hydroxylation is 1. The largest absolute Gasteiger partial charge is 0.493 e. The number of benzene rings is 1. The first-order valence-electron chi connectivity index (χ1n) is 9.62. The van der Waals surface area contributed by atoms with E-state index in [1.807, 2.05) is 18.2 Å². The average Bonchev–Trinajstić information content (AvgIpc) is 2.78. The summed E-state index contributed by atoms with van der Waals surface area (Å²) in [7, 11) is 0. The van der Waals surface area contributed by atoms with Crippen molar-refractivity contribution in [3.63, 3.8) is 0 Å². The third-order valence-electron chi connectivity index (χ3n) is 4.26. The van der Waals surface area contributed by atoms with Gasteiger partial charge in [-0.1, -0.05) is 12.1 Å². The van der Waals surface area contributed by atoms with Crippen LogP contribution in [0.5, 0.6) is 5.75 Å². The van der Waals surface area contributed by atoms with Gasteiger partial charge in [-0.2, -0.15) is 0 Å². The van der Waals surface area contributed by atoms with E-state index in [4.69, 9.17) is 4.74 Å². The molecule has 1 aromatic carbocycles. The van der Waals surface area contributed by atoms with E-state index in [1.165, 1.54) is 0 Å². The van der Waals surface area contributed by atoms with Gasteiger partial charge < -0.3 is 15.0 Å². The molecule has 0 aliphatic carbocycles. The van der Waals surface area contributed by atoms with Crippen molar-refractivity contribution < 1.29 is 9.53 Å². The third-order valence-corrected chi connectivity index (χ3v) is 4.26. The number of nitrogens with zero attached hydrogens (tertiary/aromatic N) is 3. The van der Waals surface area contributed by atoms with Gasteiger partial charge in [0.15, 0.2) is 5.82 Å². The number of H-pyrrole nitrogens is 1. The van der Waals surface area contributed by atoms with Crippen molar-refractivity contribution in [1.82, 2.24) is 25.5 Å². The Balaban J connectivity index is 1.54. The van der Waals surface area contributed by atoms with Crippen molar-refractivity contribution in [2.24, 2.45) is 0 Å². The van der Waals surface area contributed by atoms with Crippen LogP contribution in [0.4, 0.5) is 0 Å². The summed E-state index contributed by atoms with van der Waals surface area (Å²) in [5.41, 5.74) is 1.35. The fraction of sp³-hybridized carbons (Fsp3) is 0.227. The van der Waals surface area contributed by atoms with E-state index in [0.29, 0.717) is 19.0 Å². The molecule has 0 aliphatic heterocycles. The van der Waals surface area contributed by atoms with Crippen LogP contribution in [0.15, 0.2) is 66.1 Å². The number of hydrogen-bond acceptors (Lipinski definition) is 6. The normalized spacial score (nSPS) is 10.4. The van der Waals surface area contributed by atoms with Crippen LogP contribution in [-0.2, 0) is 17.8 Å². The maximum Gasteiger partial charge on any atom is 0.273 e. The summed E-state index contributed by atoms with van der Waals surface area (Å²) in [4.78, 5) is 31.2. The van der Waals surface area contributed by atoms with Crippen molar-refractivity contribution in [2.45, 2.75) is 25.8 Å². The third kappa shape index (κ3) is 6.10. The summed E-state index contributed by atoms with van der Waals surface area (Å²) in [5, 5.41) is 10.9. The minimum absolute atomic E-state index is 0.140. The maximum absolute atomic E-state index is 12.3. The maximum atomic E-state index is 12.3. The molecule has 0 atom stereocenters. The number of aromatic amines is 1. The predicted octanol–water partition coefficient (Wildman–Crippen LogP) is 2.43. The van der Waals surface area contributed by atoms with Crippen LogP contribution < -0.4 is 15.6 Å². The standard InChI is InChI=1S/C22H23N5O3/c1-2-3-14-30-18-9-7-16(8-10-18)21-25-22(29)19(26-27-21)11-12-20(28)24-15-17-6-4-5-13-23-17/h2,4-10,13H,1,3,11-12,14-15H2,(H,24,28)(H,25,27,29). The van der Waals surface area contributed by atoms with E-state index in [1.54, 1.807) is 36.5 Å². The monoisotopic (exact) mass is 405 g/mol.